The van der Waals surface area contributed by atoms with E-state index in [2.05, 4.69) is 41.0 Å². The number of aromatic nitrogens is 2. The van der Waals surface area contributed by atoms with Crippen LogP contribution >= 0.6 is 0 Å². The highest BCUT2D eigenvalue weighted by Crippen LogP contribution is 2.38. The van der Waals surface area contributed by atoms with E-state index in [0.29, 0.717) is 5.46 Å². The van der Waals surface area contributed by atoms with Crippen LogP contribution in [0.5, 0.6) is 0 Å². The van der Waals surface area contributed by atoms with Crippen LogP contribution in [0.3, 0.4) is 0 Å². The van der Waals surface area contributed by atoms with Crippen molar-refractivity contribution in [2.45, 2.75) is 0 Å². The van der Waals surface area contributed by atoms with Gasteiger partial charge in [0.25, 0.3) is 0 Å². The Kier molecular flexibility index (Phi) is 5.42. The first-order chi connectivity index (χ1) is 15.7. The summed E-state index contributed by atoms with van der Waals surface area (Å²) in [5.74, 6) is 0.785. The average molecular weight is 416 g/mol. The Hall–Kier alpha value is -3.93. The van der Waals surface area contributed by atoms with Gasteiger partial charge in [-0.2, -0.15) is 0 Å². The molecule has 1 aromatic heterocycles. The second-order valence-electron chi connectivity index (χ2n) is 7.53. The average Bonchev–Trinajstić information content (AvgIpc) is 3.26. The van der Waals surface area contributed by atoms with Crippen molar-refractivity contribution in [2.75, 3.05) is 0 Å². The van der Waals surface area contributed by atoms with Crippen LogP contribution in [0.15, 0.2) is 115 Å². The van der Waals surface area contributed by atoms with Crippen molar-refractivity contribution in [1.82, 2.24) is 9.55 Å². The van der Waals surface area contributed by atoms with Crippen molar-refractivity contribution in [1.29, 1.82) is 0 Å². The zero-order valence-corrected chi connectivity index (χ0v) is 17.3. The van der Waals surface area contributed by atoms with Gasteiger partial charge in [0.05, 0.1) is 11.4 Å². The van der Waals surface area contributed by atoms with Crippen LogP contribution in [0, 0.1) is 0 Å². The van der Waals surface area contributed by atoms with Crippen LogP contribution in [-0.4, -0.2) is 26.7 Å². The molecular formula is C27H21BN2O2. The van der Waals surface area contributed by atoms with E-state index in [1.165, 1.54) is 0 Å². The molecule has 2 N–H and O–H groups in total. The summed E-state index contributed by atoms with van der Waals surface area (Å²) in [7, 11) is -1.50. The lowest BCUT2D eigenvalue weighted by Crippen LogP contribution is -2.29. The van der Waals surface area contributed by atoms with Gasteiger partial charge in [0.1, 0.15) is 5.82 Å². The molecule has 0 unspecified atom stereocenters. The van der Waals surface area contributed by atoms with E-state index < -0.39 is 7.12 Å². The van der Waals surface area contributed by atoms with E-state index in [9.17, 15) is 10.0 Å². The molecule has 0 radical (unpaired) electrons. The minimum absolute atomic E-state index is 0.443. The van der Waals surface area contributed by atoms with Crippen molar-refractivity contribution in [2.24, 2.45) is 0 Å². The van der Waals surface area contributed by atoms with Crippen LogP contribution in [0.25, 0.3) is 39.6 Å². The van der Waals surface area contributed by atoms with E-state index in [1.54, 1.807) is 12.1 Å². The van der Waals surface area contributed by atoms with E-state index in [0.717, 1.165) is 39.6 Å². The van der Waals surface area contributed by atoms with Crippen LogP contribution in [0.2, 0.25) is 0 Å². The van der Waals surface area contributed by atoms with Gasteiger partial charge < -0.3 is 10.0 Å². The second kappa shape index (κ2) is 8.67. The maximum absolute atomic E-state index is 9.50. The van der Waals surface area contributed by atoms with E-state index in [1.807, 2.05) is 66.7 Å². The fourth-order valence-electron chi connectivity index (χ4n) is 3.91. The van der Waals surface area contributed by atoms with Crippen LogP contribution < -0.4 is 5.46 Å². The van der Waals surface area contributed by atoms with Gasteiger partial charge in [-0.3, -0.25) is 4.57 Å². The number of para-hydroxylation sites is 1. The van der Waals surface area contributed by atoms with E-state index in [-0.39, 0.29) is 0 Å². The molecular weight excluding hydrogens is 395 g/mol. The molecule has 5 rings (SSSR count). The molecule has 0 amide bonds. The summed E-state index contributed by atoms with van der Waals surface area (Å²) in [6.45, 7) is 0. The molecule has 154 valence electrons. The van der Waals surface area contributed by atoms with Crippen LogP contribution in [-0.2, 0) is 0 Å². The lowest BCUT2D eigenvalue weighted by Gasteiger charge is -2.14. The van der Waals surface area contributed by atoms with Crippen molar-refractivity contribution < 1.29 is 10.0 Å². The molecule has 0 aliphatic rings. The number of benzene rings is 4. The second-order valence-corrected chi connectivity index (χ2v) is 7.53. The maximum atomic E-state index is 9.50. The summed E-state index contributed by atoms with van der Waals surface area (Å²) in [6.07, 6.45) is 0. The number of hydrogen-bond acceptors (Lipinski definition) is 3. The third-order valence-corrected chi connectivity index (χ3v) is 5.45. The quantitative estimate of drug-likeness (QED) is 0.413. The fourth-order valence-corrected chi connectivity index (χ4v) is 3.91. The van der Waals surface area contributed by atoms with Gasteiger partial charge in [0.2, 0.25) is 0 Å². The molecule has 0 aliphatic carbocycles. The molecule has 0 saturated heterocycles. The zero-order chi connectivity index (χ0) is 21.9. The Morgan fingerprint density at radius 2 is 1.09 bits per heavy atom. The molecule has 4 aromatic carbocycles. The zero-order valence-electron chi connectivity index (χ0n) is 17.3. The largest absolute Gasteiger partial charge is 0.488 e. The summed E-state index contributed by atoms with van der Waals surface area (Å²) >= 11 is 0. The highest BCUT2D eigenvalue weighted by molar-refractivity contribution is 6.58. The Morgan fingerprint density at radius 3 is 1.66 bits per heavy atom. The molecule has 0 bridgehead atoms. The third kappa shape index (κ3) is 3.76. The lowest BCUT2D eigenvalue weighted by atomic mass is 9.80. The Bertz CT molecular complexity index is 1320. The minimum Gasteiger partial charge on any atom is -0.423 e. The minimum atomic E-state index is -1.50. The Morgan fingerprint density at radius 1 is 0.562 bits per heavy atom. The molecule has 5 aromatic rings. The molecule has 1 heterocycles. The van der Waals surface area contributed by atoms with Gasteiger partial charge >= 0.3 is 7.12 Å². The monoisotopic (exact) mass is 416 g/mol. The van der Waals surface area contributed by atoms with Crippen molar-refractivity contribution in [3.8, 4) is 39.6 Å². The summed E-state index contributed by atoms with van der Waals surface area (Å²) in [5.41, 5.74) is 6.32. The van der Waals surface area contributed by atoms with E-state index in [4.69, 9.17) is 4.98 Å². The number of imidazole rings is 1. The van der Waals surface area contributed by atoms with Gasteiger partial charge in [0, 0.05) is 22.4 Å². The highest BCUT2D eigenvalue weighted by Gasteiger charge is 2.22. The third-order valence-electron chi connectivity index (χ3n) is 5.45. The molecule has 32 heavy (non-hydrogen) atoms. The maximum Gasteiger partial charge on any atom is 0.488 e. The summed E-state index contributed by atoms with van der Waals surface area (Å²) < 4.78 is 2.17. The Balaban J connectivity index is 1.83. The van der Waals surface area contributed by atoms with Gasteiger partial charge in [-0.25, -0.2) is 4.98 Å². The fraction of sp³-hybridized carbons (Fsp3) is 0. The lowest BCUT2D eigenvalue weighted by molar-refractivity contribution is 0.426. The first-order valence-corrected chi connectivity index (χ1v) is 10.5. The first-order valence-electron chi connectivity index (χ1n) is 10.5. The summed E-state index contributed by atoms with van der Waals surface area (Å²) in [5, 5.41) is 19.0. The van der Waals surface area contributed by atoms with Crippen molar-refractivity contribution in [3.63, 3.8) is 0 Å². The SMILES string of the molecule is OB(O)c1ccc(-c2nc(-c3ccccc3)c(-c3ccccc3)n2-c2ccccc2)cc1. The van der Waals surface area contributed by atoms with E-state index >= 15 is 0 Å². The molecule has 0 aliphatic heterocycles. The van der Waals surface area contributed by atoms with Crippen molar-refractivity contribution in [3.05, 3.63) is 115 Å². The normalized spacial score (nSPS) is 10.8. The molecule has 0 saturated carbocycles. The topological polar surface area (TPSA) is 58.3 Å². The van der Waals surface area contributed by atoms with Crippen LogP contribution in [0.1, 0.15) is 0 Å². The highest BCUT2D eigenvalue weighted by atomic mass is 16.4. The van der Waals surface area contributed by atoms with Gasteiger partial charge in [0.15, 0.2) is 0 Å². The molecule has 4 nitrogen and oxygen atoms in total. The molecule has 5 heteroatoms. The van der Waals surface area contributed by atoms with Crippen LogP contribution in [0.4, 0.5) is 0 Å². The van der Waals surface area contributed by atoms with Gasteiger partial charge in [-0.1, -0.05) is 103 Å². The summed E-state index contributed by atoms with van der Waals surface area (Å²) in [6, 6.07) is 37.8. The van der Waals surface area contributed by atoms with Gasteiger partial charge in [-0.05, 0) is 17.6 Å². The van der Waals surface area contributed by atoms with Crippen molar-refractivity contribution >= 4 is 12.6 Å². The molecule has 0 spiro atoms. The molecule has 0 fully saturated rings. The van der Waals surface area contributed by atoms with Gasteiger partial charge in [-0.15, -0.1) is 0 Å². The number of nitrogens with zero attached hydrogens (tertiary/aromatic N) is 2. The Labute approximate surface area is 187 Å². The predicted molar refractivity (Wildman–Crippen MR) is 130 cm³/mol. The molecule has 0 atom stereocenters. The first kappa shape index (κ1) is 20.0. The summed E-state index contributed by atoms with van der Waals surface area (Å²) in [4.78, 5) is 5.12. The number of hydrogen-bond donors (Lipinski definition) is 2. The predicted octanol–water partition coefficient (Wildman–Crippen LogP) is 4.55. The smallest absolute Gasteiger partial charge is 0.423 e. The standard InChI is InChI=1S/C27H21BN2O2/c31-28(32)23-18-16-22(17-19-23)27-29-25(20-10-4-1-5-11-20)26(21-12-6-2-7-13-21)30(27)24-14-8-3-9-15-24/h1-19,31-32H. The number of rotatable bonds is 5.